The number of amides is 3. The minimum absolute atomic E-state index is 0.0623. The zero-order valence-electron chi connectivity index (χ0n) is 23.2. The Bertz CT molecular complexity index is 1440. The Morgan fingerprint density at radius 2 is 1.57 bits per heavy atom. The maximum absolute atomic E-state index is 15.2. The number of piperidine rings is 2. The highest BCUT2D eigenvalue weighted by Crippen LogP contribution is 2.33. The third kappa shape index (κ3) is 5.42. The average molecular weight is 582 g/mol. The van der Waals surface area contributed by atoms with E-state index in [0.29, 0.717) is 49.0 Å². The van der Waals surface area contributed by atoms with Gasteiger partial charge in [-0.15, -0.1) is 0 Å². The van der Waals surface area contributed by atoms with Crippen molar-refractivity contribution in [2.24, 2.45) is 5.92 Å². The monoisotopic (exact) mass is 581 g/mol. The lowest BCUT2D eigenvalue weighted by Crippen LogP contribution is -2.52. The summed E-state index contributed by atoms with van der Waals surface area (Å²) < 4.78 is 29.7. The van der Waals surface area contributed by atoms with Gasteiger partial charge in [-0.2, -0.15) is 0 Å². The highest BCUT2D eigenvalue weighted by atomic mass is 19.1. The van der Waals surface area contributed by atoms with Crippen molar-refractivity contribution in [3.05, 3.63) is 58.7 Å². The van der Waals surface area contributed by atoms with Crippen LogP contribution in [-0.2, 0) is 16.1 Å². The number of halogens is 2. The molecule has 6 rings (SSSR count). The van der Waals surface area contributed by atoms with Gasteiger partial charge in [0.1, 0.15) is 17.7 Å². The van der Waals surface area contributed by atoms with Crippen molar-refractivity contribution in [2.75, 3.05) is 55.6 Å². The van der Waals surface area contributed by atoms with Gasteiger partial charge in [-0.3, -0.25) is 24.6 Å². The van der Waals surface area contributed by atoms with Crippen molar-refractivity contribution in [1.29, 1.82) is 0 Å². The van der Waals surface area contributed by atoms with Gasteiger partial charge >= 0.3 is 5.97 Å². The van der Waals surface area contributed by atoms with Crippen LogP contribution in [0.1, 0.15) is 52.0 Å². The summed E-state index contributed by atoms with van der Waals surface area (Å²) in [5.41, 5.74) is 1.78. The van der Waals surface area contributed by atoms with Crippen LogP contribution in [0.15, 0.2) is 30.3 Å². The first-order chi connectivity index (χ1) is 20.2. The summed E-state index contributed by atoms with van der Waals surface area (Å²) in [7, 11) is 0. The molecule has 4 heterocycles. The van der Waals surface area contributed by atoms with Gasteiger partial charge in [0.05, 0.1) is 16.9 Å². The zero-order valence-corrected chi connectivity index (χ0v) is 23.2. The van der Waals surface area contributed by atoms with Gasteiger partial charge in [0.15, 0.2) is 0 Å². The quantitative estimate of drug-likeness (QED) is 0.501. The summed E-state index contributed by atoms with van der Waals surface area (Å²) in [6.45, 7) is 5.32. The maximum atomic E-state index is 15.2. The summed E-state index contributed by atoms with van der Waals surface area (Å²) in [4.78, 5) is 55.7. The fraction of sp³-hybridized carbons (Fsp3) is 0.467. The number of hydrogen-bond donors (Lipinski definition) is 2. The fourth-order valence-electron chi connectivity index (χ4n) is 6.61. The first-order valence-electron chi connectivity index (χ1n) is 14.4. The van der Waals surface area contributed by atoms with Gasteiger partial charge in [-0.1, -0.05) is 0 Å². The highest BCUT2D eigenvalue weighted by Gasteiger charge is 2.40. The largest absolute Gasteiger partial charge is 0.478 e. The molecule has 0 aliphatic carbocycles. The minimum Gasteiger partial charge on any atom is -0.478 e. The SMILES string of the molecule is O=C1CC[C@H](N2Cc3cc(N4CCN(CC5CCN(c6ccc(C(=O)O)cc6F)CC5)CC4)c(F)cc3C2=O)C(=O)N1. The van der Waals surface area contributed by atoms with E-state index >= 15 is 4.39 Å². The normalized spacial score (nSPS) is 22.0. The van der Waals surface area contributed by atoms with Crippen molar-refractivity contribution in [2.45, 2.75) is 38.3 Å². The van der Waals surface area contributed by atoms with Gasteiger partial charge in [0, 0.05) is 64.3 Å². The molecule has 4 aliphatic rings. The molecule has 2 aromatic carbocycles. The molecule has 10 nitrogen and oxygen atoms in total. The standard InChI is InChI=1S/C30H33F2N5O5/c31-22-13-19(30(41)42)1-2-24(22)35-7-5-18(6-8-35)16-34-9-11-36(12-10-34)26-14-20-17-37(29(40)21(20)15-23(26)32)25-3-4-27(38)33-28(25)39/h1-2,13-15,18,25H,3-12,16-17H2,(H,41,42)(H,33,38,39)/t25-/m0/s1. The Hall–Kier alpha value is -4.06. The van der Waals surface area contributed by atoms with Crippen molar-refractivity contribution < 1.29 is 33.1 Å². The van der Waals surface area contributed by atoms with E-state index in [1.165, 1.54) is 17.0 Å². The maximum Gasteiger partial charge on any atom is 0.335 e. The van der Waals surface area contributed by atoms with E-state index in [2.05, 4.69) is 10.2 Å². The predicted molar refractivity (Wildman–Crippen MR) is 149 cm³/mol. The second-order valence-electron chi connectivity index (χ2n) is 11.6. The Kier molecular flexibility index (Phi) is 7.56. The number of piperazine rings is 1. The number of carboxylic acids is 1. The number of benzene rings is 2. The smallest absolute Gasteiger partial charge is 0.335 e. The topological polar surface area (TPSA) is 114 Å². The van der Waals surface area contributed by atoms with Gasteiger partial charge in [-0.25, -0.2) is 13.6 Å². The third-order valence-corrected chi connectivity index (χ3v) is 8.97. The molecule has 3 fully saturated rings. The van der Waals surface area contributed by atoms with Crippen LogP contribution in [0, 0.1) is 17.6 Å². The van der Waals surface area contributed by atoms with E-state index in [-0.39, 0.29) is 42.3 Å². The summed E-state index contributed by atoms with van der Waals surface area (Å²) in [6, 6.07) is 6.31. The molecular weight excluding hydrogens is 548 g/mol. The van der Waals surface area contributed by atoms with E-state index in [4.69, 9.17) is 5.11 Å². The van der Waals surface area contributed by atoms with E-state index < -0.39 is 29.6 Å². The Balaban J connectivity index is 1.02. The minimum atomic E-state index is -1.15. The molecule has 12 heteroatoms. The lowest BCUT2D eigenvalue weighted by molar-refractivity contribution is -0.136. The summed E-state index contributed by atoms with van der Waals surface area (Å²) >= 11 is 0. The molecular formula is C30H33F2N5O5. The molecule has 3 amide bonds. The van der Waals surface area contributed by atoms with Crippen LogP contribution >= 0.6 is 0 Å². The summed E-state index contributed by atoms with van der Waals surface area (Å²) in [5, 5.41) is 11.4. The molecule has 42 heavy (non-hydrogen) atoms. The van der Waals surface area contributed by atoms with E-state index in [1.807, 2.05) is 9.80 Å². The van der Waals surface area contributed by atoms with Crippen molar-refractivity contribution >= 4 is 35.1 Å². The van der Waals surface area contributed by atoms with Gasteiger partial charge in [0.2, 0.25) is 11.8 Å². The predicted octanol–water partition coefficient (Wildman–Crippen LogP) is 2.46. The second-order valence-corrected chi connectivity index (χ2v) is 11.6. The molecule has 0 unspecified atom stereocenters. The Morgan fingerprint density at radius 3 is 2.24 bits per heavy atom. The fourth-order valence-corrected chi connectivity index (χ4v) is 6.61. The first-order valence-corrected chi connectivity index (χ1v) is 14.4. The number of carboxylic acid groups (broad SMARTS) is 1. The van der Waals surface area contributed by atoms with Crippen LogP contribution in [-0.4, -0.2) is 90.5 Å². The molecule has 3 saturated heterocycles. The van der Waals surface area contributed by atoms with Crippen molar-refractivity contribution in [3.63, 3.8) is 0 Å². The van der Waals surface area contributed by atoms with E-state index in [0.717, 1.165) is 38.5 Å². The summed E-state index contributed by atoms with van der Waals surface area (Å²) in [5.74, 6) is -2.90. The molecule has 4 aliphatic heterocycles. The number of nitrogens with zero attached hydrogens (tertiary/aromatic N) is 4. The number of imide groups is 1. The second kappa shape index (κ2) is 11.3. The van der Waals surface area contributed by atoms with Crippen LogP contribution in [0.5, 0.6) is 0 Å². The number of rotatable bonds is 6. The molecule has 2 aromatic rings. The van der Waals surface area contributed by atoms with Crippen LogP contribution in [0.2, 0.25) is 0 Å². The third-order valence-electron chi connectivity index (χ3n) is 8.97. The summed E-state index contributed by atoms with van der Waals surface area (Å²) in [6.07, 6.45) is 2.23. The molecule has 0 saturated carbocycles. The molecule has 222 valence electrons. The lowest BCUT2D eigenvalue weighted by Gasteiger charge is -2.40. The van der Waals surface area contributed by atoms with Gasteiger partial charge in [0.25, 0.3) is 5.91 Å². The molecule has 2 N–H and O–H groups in total. The number of fused-ring (bicyclic) bond motifs is 1. The van der Waals surface area contributed by atoms with Crippen LogP contribution in [0.3, 0.4) is 0 Å². The van der Waals surface area contributed by atoms with Crippen molar-refractivity contribution in [1.82, 2.24) is 15.1 Å². The molecule has 1 atom stereocenters. The number of anilines is 2. The van der Waals surface area contributed by atoms with Crippen molar-refractivity contribution in [3.8, 4) is 0 Å². The van der Waals surface area contributed by atoms with E-state index in [9.17, 15) is 23.6 Å². The number of carbonyl (C=O) groups excluding carboxylic acids is 3. The number of aromatic carboxylic acids is 1. The number of nitrogens with one attached hydrogen (secondary N) is 1. The zero-order chi connectivity index (χ0) is 29.5. The average Bonchev–Trinajstić information content (AvgIpc) is 3.28. The molecule has 0 bridgehead atoms. The van der Waals surface area contributed by atoms with Gasteiger partial charge in [-0.05, 0) is 61.1 Å². The van der Waals surface area contributed by atoms with Crippen LogP contribution < -0.4 is 15.1 Å². The molecule has 0 aromatic heterocycles. The van der Waals surface area contributed by atoms with Crippen LogP contribution in [0.4, 0.5) is 20.2 Å². The lowest BCUT2D eigenvalue weighted by atomic mass is 9.95. The molecule has 0 radical (unpaired) electrons. The number of hydrogen-bond acceptors (Lipinski definition) is 7. The molecule has 0 spiro atoms. The first kappa shape index (κ1) is 28.1. The van der Waals surface area contributed by atoms with Crippen LogP contribution in [0.25, 0.3) is 0 Å². The highest BCUT2D eigenvalue weighted by molar-refractivity contribution is 6.05. The number of carbonyl (C=O) groups is 4. The Morgan fingerprint density at radius 1 is 0.881 bits per heavy atom. The van der Waals surface area contributed by atoms with Gasteiger partial charge < -0.3 is 19.8 Å². The Labute approximate surface area is 241 Å². The van der Waals surface area contributed by atoms with E-state index in [1.54, 1.807) is 12.1 Å².